The van der Waals surface area contributed by atoms with E-state index in [1.165, 1.54) is 12.2 Å². The molecule has 0 aromatic heterocycles. The average Bonchev–Trinajstić information content (AvgIpc) is 2.80. The SMILES string of the molecule is CNCCOC(C)(C)OCCNC(=O)CCN1C(=O)C=CC1=O. The van der Waals surface area contributed by atoms with Crippen LogP contribution in [0.4, 0.5) is 0 Å². The third-order valence-corrected chi connectivity index (χ3v) is 3.14. The van der Waals surface area contributed by atoms with E-state index in [-0.39, 0.29) is 30.7 Å². The van der Waals surface area contributed by atoms with Gasteiger partial charge in [0.2, 0.25) is 5.91 Å². The molecule has 3 amide bonds. The van der Waals surface area contributed by atoms with Crippen LogP contribution in [0, 0.1) is 0 Å². The number of hydrogen-bond donors (Lipinski definition) is 2. The Morgan fingerprint density at radius 1 is 1.13 bits per heavy atom. The predicted molar refractivity (Wildman–Crippen MR) is 83.4 cm³/mol. The third kappa shape index (κ3) is 7.36. The van der Waals surface area contributed by atoms with Crippen LogP contribution in [0.5, 0.6) is 0 Å². The van der Waals surface area contributed by atoms with Gasteiger partial charge in [-0.1, -0.05) is 0 Å². The molecule has 1 aliphatic heterocycles. The van der Waals surface area contributed by atoms with E-state index >= 15 is 0 Å². The van der Waals surface area contributed by atoms with Crippen LogP contribution in [0.25, 0.3) is 0 Å². The van der Waals surface area contributed by atoms with Crippen molar-refractivity contribution in [3.63, 3.8) is 0 Å². The van der Waals surface area contributed by atoms with Crippen molar-refractivity contribution in [2.45, 2.75) is 26.1 Å². The molecule has 1 heterocycles. The Morgan fingerprint density at radius 2 is 1.70 bits per heavy atom. The minimum atomic E-state index is -0.721. The molecule has 0 unspecified atom stereocenters. The standard InChI is InChI=1S/C15H25N3O5/c1-15(2,22-10-7-16-3)23-11-8-17-12(19)6-9-18-13(20)4-5-14(18)21/h4-5,16H,6-11H2,1-3H3,(H,17,19). The van der Waals surface area contributed by atoms with Crippen molar-refractivity contribution in [1.82, 2.24) is 15.5 Å². The van der Waals surface area contributed by atoms with Crippen molar-refractivity contribution < 1.29 is 23.9 Å². The van der Waals surface area contributed by atoms with E-state index in [4.69, 9.17) is 9.47 Å². The molecule has 8 heteroatoms. The number of ether oxygens (including phenoxy) is 2. The molecular formula is C15H25N3O5. The van der Waals surface area contributed by atoms with Gasteiger partial charge in [0.15, 0.2) is 5.79 Å². The van der Waals surface area contributed by atoms with Crippen molar-refractivity contribution in [3.8, 4) is 0 Å². The molecule has 0 atom stereocenters. The summed E-state index contributed by atoms with van der Waals surface area (Å²) in [5.74, 6) is -1.73. The third-order valence-electron chi connectivity index (χ3n) is 3.14. The smallest absolute Gasteiger partial charge is 0.253 e. The topological polar surface area (TPSA) is 97.0 Å². The lowest BCUT2D eigenvalue weighted by Gasteiger charge is -2.25. The molecule has 0 saturated heterocycles. The first-order chi connectivity index (χ1) is 10.9. The largest absolute Gasteiger partial charge is 0.354 e. The number of hydrogen-bond acceptors (Lipinski definition) is 6. The number of carbonyl (C=O) groups is 3. The van der Waals surface area contributed by atoms with E-state index in [9.17, 15) is 14.4 Å². The molecule has 2 N–H and O–H groups in total. The fourth-order valence-electron chi connectivity index (χ4n) is 1.88. The minimum absolute atomic E-state index is 0.0707. The molecule has 0 aliphatic carbocycles. The highest BCUT2D eigenvalue weighted by atomic mass is 16.7. The second kappa shape index (κ2) is 9.39. The Morgan fingerprint density at radius 3 is 2.26 bits per heavy atom. The summed E-state index contributed by atoms with van der Waals surface area (Å²) in [6.45, 7) is 5.59. The van der Waals surface area contributed by atoms with Crippen molar-refractivity contribution in [2.75, 3.05) is 39.9 Å². The van der Waals surface area contributed by atoms with E-state index in [0.29, 0.717) is 19.8 Å². The molecule has 0 spiro atoms. The zero-order chi connectivity index (χ0) is 17.3. The molecule has 0 aromatic rings. The van der Waals surface area contributed by atoms with Crippen molar-refractivity contribution >= 4 is 17.7 Å². The first kappa shape index (κ1) is 19.3. The molecule has 0 saturated carbocycles. The van der Waals surface area contributed by atoms with Gasteiger partial charge in [-0.2, -0.15) is 0 Å². The van der Waals surface area contributed by atoms with E-state index < -0.39 is 5.79 Å². The molecule has 1 rings (SSSR count). The summed E-state index contributed by atoms with van der Waals surface area (Å²) in [5, 5.41) is 5.65. The second-order valence-corrected chi connectivity index (χ2v) is 5.46. The number of nitrogens with zero attached hydrogens (tertiary/aromatic N) is 1. The molecule has 0 aromatic carbocycles. The Bertz CT molecular complexity index is 444. The summed E-state index contributed by atoms with van der Waals surface area (Å²) < 4.78 is 11.1. The van der Waals surface area contributed by atoms with Gasteiger partial charge in [-0.15, -0.1) is 0 Å². The average molecular weight is 327 g/mol. The van der Waals surface area contributed by atoms with E-state index in [2.05, 4.69) is 10.6 Å². The van der Waals surface area contributed by atoms with Crippen LogP contribution in [0.3, 0.4) is 0 Å². The first-order valence-electron chi connectivity index (χ1n) is 7.58. The summed E-state index contributed by atoms with van der Waals surface area (Å²) in [5.41, 5.74) is 0. The van der Waals surface area contributed by atoms with E-state index in [0.717, 1.165) is 11.4 Å². The summed E-state index contributed by atoms with van der Waals surface area (Å²) in [7, 11) is 1.84. The Balaban J connectivity index is 2.12. The Kier molecular flexibility index (Phi) is 7.87. The number of nitrogens with one attached hydrogen (secondary N) is 2. The van der Waals surface area contributed by atoms with Gasteiger partial charge in [0.25, 0.3) is 11.8 Å². The highest BCUT2D eigenvalue weighted by molar-refractivity contribution is 6.13. The van der Waals surface area contributed by atoms with Gasteiger partial charge in [0, 0.05) is 38.2 Å². The maximum atomic E-state index is 11.7. The molecular weight excluding hydrogens is 302 g/mol. The van der Waals surface area contributed by atoms with Gasteiger partial charge >= 0.3 is 0 Å². The van der Waals surface area contributed by atoms with Crippen molar-refractivity contribution in [2.24, 2.45) is 0 Å². The zero-order valence-electron chi connectivity index (χ0n) is 13.9. The number of amides is 3. The summed E-state index contributed by atoms with van der Waals surface area (Å²) in [6.07, 6.45) is 2.47. The van der Waals surface area contributed by atoms with Crippen LogP contribution in [0.2, 0.25) is 0 Å². The van der Waals surface area contributed by atoms with Gasteiger partial charge in [0.05, 0.1) is 13.2 Å². The monoisotopic (exact) mass is 327 g/mol. The maximum absolute atomic E-state index is 11.7. The first-order valence-corrected chi connectivity index (χ1v) is 7.58. The molecule has 0 bridgehead atoms. The number of likely N-dealkylation sites (N-methyl/N-ethyl adjacent to an activating group) is 1. The van der Waals surface area contributed by atoms with Gasteiger partial charge in [0.1, 0.15) is 0 Å². The van der Waals surface area contributed by atoms with Gasteiger partial charge in [-0.25, -0.2) is 0 Å². The van der Waals surface area contributed by atoms with E-state index in [1.54, 1.807) is 0 Å². The van der Waals surface area contributed by atoms with Crippen LogP contribution in [0.1, 0.15) is 20.3 Å². The maximum Gasteiger partial charge on any atom is 0.253 e. The fraction of sp³-hybridized carbons (Fsp3) is 0.667. The Hall–Kier alpha value is -1.77. The molecule has 0 radical (unpaired) electrons. The van der Waals surface area contributed by atoms with Crippen LogP contribution < -0.4 is 10.6 Å². The van der Waals surface area contributed by atoms with E-state index in [1.807, 2.05) is 20.9 Å². The normalized spacial score (nSPS) is 14.7. The Labute approximate surface area is 136 Å². The summed E-state index contributed by atoms with van der Waals surface area (Å²) in [4.78, 5) is 35.4. The molecule has 1 aliphatic rings. The molecule has 23 heavy (non-hydrogen) atoms. The zero-order valence-corrected chi connectivity index (χ0v) is 13.9. The van der Waals surface area contributed by atoms with Gasteiger partial charge in [-0.3, -0.25) is 19.3 Å². The number of rotatable bonds is 11. The molecule has 8 nitrogen and oxygen atoms in total. The van der Waals surface area contributed by atoms with Crippen LogP contribution >= 0.6 is 0 Å². The fourth-order valence-corrected chi connectivity index (χ4v) is 1.88. The minimum Gasteiger partial charge on any atom is -0.354 e. The highest BCUT2D eigenvalue weighted by Crippen LogP contribution is 2.10. The van der Waals surface area contributed by atoms with Gasteiger partial charge in [-0.05, 0) is 20.9 Å². The molecule has 130 valence electrons. The van der Waals surface area contributed by atoms with Crippen molar-refractivity contribution in [1.29, 1.82) is 0 Å². The number of imide groups is 1. The summed E-state index contributed by atoms with van der Waals surface area (Å²) >= 11 is 0. The second-order valence-electron chi connectivity index (χ2n) is 5.46. The van der Waals surface area contributed by atoms with Crippen molar-refractivity contribution in [3.05, 3.63) is 12.2 Å². The quantitative estimate of drug-likeness (QED) is 0.299. The lowest BCUT2D eigenvalue weighted by Crippen LogP contribution is -2.37. The predicted octanol–water partition coefficient (Wildman–Crippen LogP) is -0.594. The lowest BCUT2D eigenvalue weighted by molar-refractivity contribution is -0.211. The van der Waals surface area contributed by atoms with Crippen LogP contribution in [0.15, 0.2) is 12.2 Å². The van der Waals surface area contributed by atoms with Crippen LogP contribution in [-0.2, 0) is 23.9 Å². The highest BCUT2D eigenvalue weighted by Gasteiger charge is 2.23. The number of carbonyl (C=O) groups excluding carboxylic acids is 3. The molecule has 0 fully saturated rings. The van der Waals surface area contributed by atoms with Crippen LogP contribution in [-0.4, -0.2) is 68.3 Å². The lowest BCUT2D eigenvalue weighted by atomic mass is 10.3. The van der Waals surface area contributed by atoms with Gasteiger partial charge < -0.3 is 20.1 Å². The summed E-state index contributed by atoms with van der Waals surface area (Å²) in [6, 6.07) is 0.